The predicted octanol–water partition coefficient (Wildman–Crippen LogP) is 5.33. The van der Waals surface area contributed by atoms with E-state index in [4.69, 9.17) is 4.42 Å². The van der Waals surface area contributed by atoms with Crippen LogP contribution in [0.4, 0.5) is 11.4 Å². The Bertz CT molecular complexity index is 1180. The summed E-state index contributed by atoms with van der Waals surface area (Å²) in [5.74, 6) is 0.859. The molecule has 6 nitrogen and oxygen atoms in total. The number of hydrogen-bond donors (Lipinski definition) is 2. The third kappa shape index (κ3) is 4.54. The maximum atomic E-state index is 12.9. The second-order valence-corrected chi connectivity index (χ2v) is 9.33. The molecule has 0 spiro atoms. The van der Waals surface area contributed by atoms with Crippen molar-refractivity contribution in [1.82, 2.24) is 0 Å². The Morgan fingerprint density at radius 3 is 2.14 bits per heavy atom. The van der Waals surface area contributed by atoms with E-state index in [9.17, 15) is 13.2 Å². The van der Waals surface area contributed by atoms with Crippen LogP contribution in [0, 0.1) is 27.7 Å². The number of nitrogens with one attached hydrogen (secondary N) is 2. The predicted molar refractivity (Wildman–Crippen MR) is 117 cm³/mol. The van der Waals surface area contributed by atoms with Gasteiger partial charge in [0.2, 0.25) is 0 Å². The highest BCUT2D eigenvalue weighted by atomic mass is 79.9. The number of carbonyl (C=O) groups is 1. The van der Waals surface area contributed by atoms with E-state index in [1.54, 1.807) is 57.2 Å². The number of anilines is 2. The highest BCUT2D eigenvalue weighted by molar-refractivity contribution is 9.10. The molecule has 0 saturated carbocycles. The molecule has 0 aliphatic heterocycles. The zero-order valence-corrected chi connectivity index (χ0v) is 18.9. The number of amides is 1. The van der Waals surface area contributed by atoms with Crippen LogP contribution in [0.15, 0.2) is 56.2 Å². The zero-order chi connectivity index (χ0) is 21.3. The van der Waals surface area contributed by atoms with Gasteiger partial charge in [0, 0.05) is 21.4 Å². The minimum Gasteiger partial charge on any atom is -0.466 e. The molecule has 8 heteroatoms. The highest BCUT2D eigenvalue weighted by Crippen LogP contribution is 2.26. The summed E-state index contributed by atoms with van der Waals surface area (Å²) in [5.41, 5.74) is 2.62. The number of sulfonamides is 1. The van der Waals surface area contributed by atoms with Gasteiger partial charge in [-0.15, -0.1) is 0 Å². The molecule has 1 amide bonds. The van der Waals surface area contributed by atoms with Gasteiger partial charge in [0.25, 0.3) is 15.9 Å². The molecule has 1 aromatic heterocycles. The normalized spacial score (nSPS) is 11.3. The van der Waals surface area contributed by atoms with E-state index in [0.29, 0.717) is 34.0 Å². The van der Waals surface area contributed by atoms with E-state index in [2.05, 4.69) is 26.0 Å². The number of aryl methyl sites for hydroxylation is 3. The summed E-state index contributed by atoms with van der Waals surface area (Å²) in [7, 11) is -3.83. The van der Waals surface area contributed by atoms with E-state index in [1.165, 1.54) is 6.07 Å². The number of halogens is 1. The summed E-state index contributed by atoms with van der Waals surface area (Å²) in [6.45, 7) is 7.04. The summed E-state index contributed by atoms with van der Waals surface area (Å²) in [5, 5.41) is 2.77. The maximum absolute atomic E-state index is 12.9. The second kappa shape index (κ2) is 8.04. The lowest BCUT2D eigenvalue weighted by atomic mass is 10.1. The molecule has 2 aromatic carbocycles. The molecule has 1 heterocycles. The molecule has 0 saturated heterocycles. The molecule has 0 atom stereocenters. The lowest BCUT2D eigenvalue weighted by Gasteiger charge is -2.13. The van der Waals surface area contributed by atoms with Crippen molar-refractivity contribution in [3.05, 3.63) is 75.1 Å². The summed E-state index contributed by atoms with van der Waals surface area (Å²) < 4.78 is 34.7. The fraction of sp³-hybridized carbons (Fsp3) is 0.190. The Kier molecular flexibility index (Phi) is 5.86. The molecule has 2 N–H and O–H groups in total. The molecule has 0 aliphatic rings. The van der Waals surface area contributed by atoms with Crippen molar-refractivity contribution in [1.29, 1.82) is 0 Å². The van der Waals surface area contributed by atoms with Crippen LogP contribution in [0.25, 0.3) is 0 Å². The molecule has 0 unspecified atom stereocenters. The first-order valence-electron chi connectivity index (χ1n) is 8.85. The van der Waals surface area contributed by atoms with Crippen LogP contribution >= 0.6 is 15.9 Å². The monoisotopic (exact) mass is 476 g/mol. The van der Waals surface area contributed by atoms with E-state index >= 15 is 0 Å². The second-order valence-electron chi connectivity index (χ2n) is 6.76. The van der Waals surface area contributed by atoms with Crippen molar-refractivity contribution in [2.24, 2.45) is 0 Å². The third-order valence-electron chi connectivity index (χ3n) is 4.62. The number of hydrogen-bond acceptors (Lipinski definition) is 4. The van der Waals surface area contributed by atoms with Gasteiger partial charge in [-0.25, -0.2) is 8.42 Å². The number of carbonyl (C=O) groups excluding carboxylic acids is 1. The minimum absolute atomic E-state index is 0.0926. The first kappa shape index (κ1) is 21.1. The Hall–Kier alpha value is -2.58. The lowest BCUT2D eigenvalue weighted by Crippen LogP contribution is -2.17. The van der Waals surface area contributed by atoms with Gasteiger partial charge in [-0.2, -0.15) is 0 Å². The van der Waals surface area contributed by atoms with Crippen molar-refractivity contribution in [3.8, 4) is 0 Å². The number of furan rings is 1. The average molecular weight is 477 g/mol. The maximum Gasteiger partial charge on any atom is 0.262 e. The van der Waals surface area contributed by atoms with Crippen LogP contribution in [0.5, 0.6) is 0 Å². The molecule has 29 heavy (non-hydrogen) atoms. The van der Waals surface area contributed by atoms with Gasteiger partial charge in [0.05, 0.1) is 10.5 Å². The molecule has 152 valence electrons. The van der Waals surface area contributed by atoms with Crippen LogP contribution in [0.1, 0.15) is 33.0 Å². The summed E-state index contributed by atoms with van der Waals surface area (Å²) in [6.07, 6.45) is 0. The standard InChI is InChI=1S/C21H21BrN2O4S/c1-12-5-8-18(23-21(25)20-13(2)14(3)28-15(20)4)11-19(12)29(26,27)24-17-9-6-16(22)7-10-17/h5-11,24H,1-4H3,(H,23,25). The Labute approximate surface area is 178 Å². The van der Waals surface area contributed by atoms with E-state index < -0.39 is 10.0 Å². The van der Waals surface area contributed by atoms with Gasteiger partial charge >= 0.3 is 0 Å². The van der Waals surface area contributed by atoms with Gasteiger partial charge in [0.15, 0.2) is 0 Å². The van der Waals surface area contributed by atoms with Crippen LogP contribution < -0.4 is 10.0 Å². The third-order valence-corrected chi connectivity index (χ3v) is 6.67. The van der Waals surface area contributed by atoms with Gasteiger partial charge in [0.1, 0.15) is 11.5 Å². The lowest BCUT2D eigenvalue weighted by molar-refractivity contribution is 0.102. The smallest absolute Gasteiger partial charge is 0.262 e. The van der Waals surface area contributed by atoms with E-state index in [-0.39, 0.29) is 10.8 Å². The largest absolute Gasteiger partial charge is 0.466 e. The van der Waals surface area contributed by atoms with Crippen molar-refractivity contribution < 1.29 is 17.6 Å². The number of benzene rings is 2. The zero-order valence-electron chi connectivity index (χ0n) is 16.5. The Morgan fingerprint density at radius 2 is 1.55 bits per heavy atom. The minimum atomic E-state index is -3.83. The average Bonchev–Trinajstić information content (AvgIpc) is 2.90. The summed E-state index contributed by atoms with van der Waals surface area (Å²) >= 11 is 3.32. The van der Waals surface area contributed by atoms with E-state index in [1.807, 2.05) is 6.92 Å². The Morgan fingerprint density at radius 1 is 0.931 bits per heavy atom. The number of rotatable bonds is 5. The summed E-state index contributed by atoms with van der Waals surface area (Å²) in [4.78, 5) is 12.8. The molecule has 3 aromatic rings. The quantitative estimate of drug-likeness (QED) is 0.520. The van der Waals surface area contributed by atoms with Crippen molar-refractivity contribution >= 4 is 43.2 Å². The first-order valence-corrected chi connectivity index (χ1v) is 11.1. The van der Waals surface area contributed by atoms with Crippen LogP contribution in [-0.2, 0) is 10.0 Å². The van der Waals surface area contributed by atoms with Crippen LogP contribution in [0.3, 0.4) is 0 Å². The van der Waals surface area contributed by atoms with Gasteiger partial charge < -0.3 is 9.73 Å². The SMILES string of the molecule is Cc1ccc(NC(=O)c2c(C)oc(C)c2C)cc1S(=O)(=O)Nc1ccc(Br)cc1. The van der Waals surface area contributed by atoms with E-state index in [0.717, 1.165) is 10.0 Å². The Balaban J connectivity index is 1.89. The highest BCUT2D eigenvalue weighted by Gasteiger charge is 2.21. The molecule has 0 radical (unpaired) electrons. The fourth-order valence-corrected chi connectivity index (χ4v) is 4.61. The van der Waals surface area contributed by atoms with Crippen LogP contribution in [0.2, 0.25) is 0 Å². The molecule has 3 rings (SSSR count). The molecule has 0 fully saturated rings. The molecule has 0 aliphatic carbocycles. The molecule has 0 bridgehead atoms. The van der Waals surface area contributed by atoms with Gasteiger partial charge in [-0.3, -0.25) is 9.52 Å². The van der Waals surface area contributed by atoms with Crippen LogP contribution in [-0.4, -0.2) is 14.3 Å². The molecular formula is C21H21BrN2O4S. The topological polar surface area (TPSA) is 88.4 Å². The van der Waals surface area contributed by atoms with Crippen molar-refractivity contribution in [3.63, 3.8) is 0 Å². The van der Waals surface area contributed by atoms with Crippen molar-refractivity contribution in [2.45, 2.75) is 32.6 Å². The fourth-order valence-electron chi connectivity index (χ4n) is 3.02. The molecular weight excluding hydrogens is 456 g/mol. The van der Waals surface area contributed by atoms with Gasteiger partial charge in [-0.05, 0) is 69.7 Å². The summed E-state index contributed by atoms with van der Waals surface area (Å²) in [6, 6.07) is 11.6. The van der Waals surface area contributed by atoms with Crippen molar-refractivity contribution in [2.75, 3.05) is 10.0 Å². The first-order chi connectivity index (χ1) is 13.6. The van der Waals surface area contributed by atoms with Gasteiger partial charge in [-0.1, -0.05) is 22.0 Å².